The van der Waals surface area contributed by atoms with Crippen LogP contribution in [0, 0.1) is 0 Å². The molecule has 0 radical (unpaired) electrons. The summed E-state index contributed by atoms with van der Waals surface area (Å²) in [7, 11) is 2.15. The Labute approximate surface area is 222 Å². The lowest BCUT2D eigenvalue weighted by molar-refractivity contribution is 1.16. The molecule has 3 nitrogen and oxygen atoms in total. The molecule has 0 saturated heterocycles. The Hall–Kier alpha value is -4.96. The van der Waals surface area contributed by atoms with Crippen LogP contribution in [0.1, 0.15) is 0 Å². The maximum Gasteiger partial charge on any atom is 0.160 e. The monoisotopic (exact) mass is 485 g/mol. The van der Waals surface area contributed by atoms with Gasteiger partial charge in [-0.1, -0.05) is 109 Å². The van der Waals surface area contributed by atoms with E-state index in [1.54, 1.807) is 0 Å². The lowest BCUT2D eigenvalue weighted by Crippen LogP contribution is -2.02. The van der Waals surface area contributed by atoms with Gasteiger partial charge in [0.05, 0.1) is 22.4 Å². The average molecular weight is 485 g/mol. The highest BCUT2D eigenvalue weighted by Gasteiger charge is 2.14. The Morgan fingerprint density at radius 1 is 0.474 bits per heavy atom. The van der Waals surface area contributed by atoms with Crippen molar-refractivity contribution in [2.24, 2.45) is 0 Å². The molecule has 0 saturated carbocycles. The van der Waals surface area contributed by atoms with Crippen LogP contribution in [0.25, 0.3) is 61.4 Å². The molecule has 0 bridgehead atoms. The predicted molar refractivity (Wildman–Crippen MR) is 161 cm³/mol. The fraction of sp³-hybridized carbons (Fsp3) is 0. The highest BCUT2D eigenvalue weighted by molar-refractivity contribution is 6.33. The maximum atomic E-state index is 5.04. The first-order chi connectivity index (χ1) is 18.7. The molecule has 0 amide bonds. The van der Waals surface area contributed by atoms with E-state index in [2.05, 4.69) is 109 Å². The molecule has 0 fully saturated rings. The van der Waals surface area contributed by atoms with Crippen LogP contribution in [0.4, 0.5) is 0 Å². The number of hydrogen-bond donors (Lipinski definition) is 0. The van der Waals surface area contributed by atoms with Gasteiger partial charge in [0.25, 0.3) is 0 Å². The van der Waals surface area contributed by atoms with Crippen LogP contribution in [0.15, 0.2) is 133 Å². The van der Waals surface area contributed by atoms with E-state index in [1.807, 2.05) is 36.4 Å². The van der Waals surface area contributed by atoms with Gasteiger partial charge in [0.1, 0.15) is 7.85 Å². The SMILES string of the molecule is Bc1ccc2c3ccccc3n(-c3cccc(-c4cc(-c5ccccc5)nc(-c5ccccc5)n4)c3)c2c1. The molecule has 7 rings (SSSR count). The number of para-hydroxylation sites is 1. The van der Waals surface area contributed by atoms with Crippen molar-refractivity contribution in [3.63, 3.8) is 0 Å². The third-order valence-corrected chi connectivity index (χ3v) is 7.06. The molecule has 38 heavy (non-hydrogen) atoms. The van der Waals surface area contributed by atoms with Crippen molar-refractivity contribution in [1.29, 1.82) is 0 Å². The lowest BCUT2D eigenvalue weighted by Gasteiger charge is -2.12. The van der Waals surface area contributed by atoms with Gasteiger partial charge in [0.2, 0.25) is 0 Å². The highest BCUT2D eigenvalue weighted by Crippen LogP contribution is 2.33. The molecule has 0 aliphatic heterocycles. The molecular formula is C34H24BN3. The highest BCUT2D eigenvalue weighted by atomic mass is 15.0. The second-order valence-corrected chi connectivity index (χ2v) is 9.62. The Morgan fingerprint density at radius 3 is 1.89 bits per heavy atom. The number of benzene rings is 5. The zero-order chi connectivity index (χ0) is 25.5. The van der Waals surface area contributed by atoms with E-state index in [0.29, 0.717) is 0 Å². The number of fused-ring (bicyclic) bond motifs is 3. The second-order valence-electron chi connectivity index (χ2n) is 9.62. The maximum absolute atomic E-state index is 5.04. The zero-order valence-corrected chi connectivity index (χ0v) is 21.0. The van der Waals surface area contributed by atoms with Crippen LogP contribution >= 0.6 is 0 Å². The van der Waals surface area contributed by atoms with E-state index in [0.717, 1.165) is 39.6 Å². The molecule has 0 aliphatic carbocycles. The molecule has 7 aromatic rings. The van der Waals surface area contributed by atoms with Crippen molar-refractivity contribution >= 4 is 35.1 Å². The van der Waals surface area contributed by atoms with E-state index in [9.17, 15) is 0 Å². The third-order valence-electron chi connectivity index (χ3n) is 7.06. The van der Waals surface area contributed by atoms with Gasteiger partial charge in [-0.05, 0) is 30.3 Å². The molecule has 2 aromatic heterocycles. The molecular weight excluding hydrogens is 461 g/mol. The normalized spacial score (nSPS) is 11.3. The molecule has 5 aromatic carbocycles. The van der Waals surface area contributed by atoms with Gasteiger partial charge in [-0.15, -0.1) is 0 Å². The number of rotatable bonds is 4. The number of hydrogen-bond acceptors (Lipinski definition) is 2. The third kappa shape index (κ3) is 3.87. The van der Waals surface area contributed by atoms with E-state index in [-0.39, 0.29) is 0 Å². The lowest BCUT2D eigenvalue weighted by atomic mass is 9.95. The van der Waals surface area contributed by atoms with Gasteiger partial charge in [0.15, 0.2) is 5.82 Å². The summed E-state index contributed by atoms with van der Waals surface area (Å²) < 4.78 is 2.36. The Morgan fingerprint density at radius 2 is 1.11 bits per heavy atom. The van der Waals surface area contributed by atoms with Crippen molar-refractivity contribution in [2.75, 3.05) is 0 Å². The van der Waals surface area contributed by atoms with Crippen LogP contribution < -0.4 is 5.46 Å². The standard InChI is InChI=1S/C34H24BN3/c35-26-18-19-29-28-16-7-8-17-32(28)38(33(29)21-26)27-15-9-14-25(20-27)31-22-30(23-10-3-1-4-11-23)36-34(37-31)24-12-5-2-6-13-24/h1-22H,35H2. The van der Waals surface area contributed by atoms with Crippen LogP contribution in [0.2, 0.25) is 0 Å². The molecule has 0 unspecified atom stereocenters. The molecule has 0 atom stereocenters. The van der Waals surface area contributed by atoms with E-state index < -0.39 is 0 Å². The van der Waals surface area contributed by atoms with Gasteiger partial charge in [0, 0.05) is 33.2 Å². The van der Waals surface area contributed by atoms with Gasteiger partial charge < -0.3 is 4.57 Å². The minimum Gasteiger partial charge on any atom is -0.309 e. The Bertz CT molecular complexity index is 1870. The largest absolute Gasteiger partial charge is 0.309 e. The zero-order valence-electron chi connectivity index (χ0n) is 21.0. The van der Waals surface area contributed by atoms with Gasteiger partial charge in [-0.25, -0.2) is 9.97 Å². The Balaban J connectivity index is 1.44. The van der Waals surface area contributed by atoms with E-state index in [1.165, 1.54) is 27.3 Å². The molecule has 0 N–H and O–H groups in total. The first-order valence-corrected chi connectivity index (χ1v) is 12.9. The number of nitrogens with zero attached hydrogens (tertiary/aromatic N) is 3. The molecule has 0 aliphatic rings. The quantitative estimate of drug-likeness (QED) is 0.256. The summed E-state index contributed by atoms with van der Waals surface area (Å²) in [6.45, 7) is 0. The van der Waals surface area contributed by atoms with Gasteiger partial charge in [-0.3, -0.25) is 0 Å². The van der Waals surface area contributed by atoms with Crippen LogP contribution in [-0.4, -0.2) is 22.4 Å². The summed E-state index contributed by atoms with van der Waals surface area (Å²) in [5, 5.41) is 2.52. The summed E-state index contributed by atoms with van der Waals surface area (Å²) in [6, 6.07) is 46.6. The van der Waals surface area contributed by atoms with E-state index >= 15 is 0 Å². The summed E-state index contributed by atoms with van der Waals surface area (Å²) in [4.78, 5) is 9.99. The van der Waals surface area contributed by atoms with Crippen molar-refractivity contribution in [3.05, 3.63) is 133 Å². The van der Waals surface area contributed by atoms with Crippen molar-refractivity contribution in [2.45, 2.75) is 0 Å². The fourth-order valence-corrected chi connectivity index (χ4v) is 5.23. The van der Waals surface area contributed by atoms with Gasteiger partial charge in [-0.2, -0.15) is 0 Å². The van der Waals surface area contributed by atoms with Crippen LogP contribution in [-0.2, 0) is 0 Å². The molecule has 2 heterocycles. The number of aromatic nitrogens is 3. The fourth-order valence-electron chi connectivity index (χ4n) is 5.23. The minimum absolute atomic E-state index is 0.722. The first-order valence-electron chi connectivity index (χ1n) is 12.9. The predicted octanol–water partition coefficient (Wildman–Crippen LogP) is 6.83. The minimum atomic E-state index is 0.722. The Kier molecular flexibility index (Phi) is 5.37. The van der Waals surface area contributed by atoms with Crippen LogP contribution in [0.5, 0.6) is 0 Å². The summed E-state index contributed by atoms with van der Waals surface area (Å²) in [6.07, 6.45) is 0. The molecule has 178 valence electrons. The molecule has 0 spiro atoms. The van der Waals surface area contributed by atoms with E-state index in [4.69, 9.17) is 9.97 Å². The summed E-state index contributed by atoms with van der Waals surface area (Å²) in [5.41, 5.74) is 9.70. The topological polar surface area (TPSA) is 30.7 Å². The van der Waals surface area contributed by atoms with Crippen LogP contribution in [0.3, 0.4) is 0 Å². The van der Waals surface area contributed by atoms with Gasteiger partial charge >= 0.3 is 0 Å². The van der Waals surface area contributed by atoms with Crippen molar-refractivity contribution in [3.8, 4) is 39.6 Å². The smallest absolute Gasteiger partial charge is 0.160 e. The second kappa shape index (κ2) is 9.17. The van der Waals surface area contributed by atoms with Crippen molar-refractivity contribution < 1.29 is 0 Å². The average Bonchev–Trinajstić information content (AvgIpc) is 3.31. The first kappa shape index (κ1) is 22.3. The summed E-state index contributed by atoms with van der Waals surface area (Å²) in [5.74, 6) is 0.722. The molecule has 4 heteroatoms. The summed E-state index contributed by atoms with van der Waals surface area (Å²) >= 11 is 0. The van der Waals surface area contributed by atoms with Crippen molar-refractivity contribution in [1.82, 2.24) is 14.5 Å².